The first kappa shape index (κ1) is 15.0. The lowest BCUT2D eigenvalue weighted by Gasteiger charge is -2.29. The second-order valence-corrected chi connectivity index (χ2v) is 5.65. The third-order valence-corrected chi connectivity index (χ3v) is 3.78. The van der Waals surface area contributed by atoms with E-state index in [1.165, 1.54) is 0 Å². The van der Waals surface area contributed by atoms with Gasteiger partial charge in [0.1, 0.15) is 5.75 Å². The number of amides is 1. The Bertz CT molecular complexity index is 428. The van der Waals surface area contributed by atoms with Gasteiger partial charge in [-0.05, 0) is 55.7 Å². The van der Waals surface area contributed by atoms with Gasteiger partial charge in [0.2, 0.25) is 5.91 Å². The van der Waals surface area contributed by atoms with Crippen LogP contribution in [0.25, 0.3) is 0 Å². The van der Waals surface area contributed by atoms with Gasteiger partial charge in [-0.2, -0.15) is 12.6 Å². The summed E-state index contributed by atoms with van der Waals surface area (Å²) in [5.41, 5.74) is 6.39. The summed E-state index contributed by atoms with van der Waals surface area (Å²) >= 11 is 4.07. The van der Waals surface area contributed by atoms with E-state index in [2.05, 4.69) is 17.9 Å². The molecule has 3 N–H and O–H groups in total. The first-order chi connectivity index (χ1) is 9.67. The minimum Gasteiger partial charge on any atom is -0.490 e. The minimum absolute atomic E-state index is 0.0999. The monoisotopic (exact) mass is 294 g/mol. The van der Waals surface area contributed by atoms with E-state index in [4.69, 9.17) is 10.5 Å². The Morgan fingerprint density at radius 3 is 2.50 bits per heavy atom. The van der Waals surface area contributed by atoms with Gasteiger partial charge in [0.25, 0.3) is 0 Å². The summed E-state index contributed by atoms with van der Waals surface area (Å²) < 4.78 is 5.93. The molecule has 0 aliphatic heterocycles. The lowest BCUT2D eigenvalue weighted by molar-refractivity contribution is -0.121. The molecule has 0 saturated heterocycles. The van der Waals surface area contributed by atoms with Crippen LogP contribution in [0.5, 0.6) is 5.75 Å². The average molecular weight is 294 g/mol. The number of rotatable bonds is 5. The molecular weight excluding hydrogens is 272 g/mol. The highest BCUT2D eigenvalue weighted by Crippen LogP contribution is 2.24. The molecule has 1 fully saturated rings. The van der Waals surface area contributed by atoms with E-state index < -0.39 is 0 Å². The van der Waals surface area contributed by atoms with Crippen molar-refractivity contribution >= 4 is 24.2 Å². The fraction of sp³-hybridized carbons (Fsp3) is 0.533. The molecule has 0 atom stereocenters. The summed E-state index contributed by atoms with van der Waals surface area (Å²) in [5, 5.41) is 3.05. The van der Waals surface area contributed by atoms with Gasteiger partial charge in [-0.25, -0.2) is 0 Å². The molecule has 5 heteroatoms. The van der Waals surface area contributed by atoms with Crippen LogP contribution in [0, 0.1) is 0 Å². The number of nitrogen functional groups attached to an aromatic ring is 1. The predicted octanol–water partition coefficient (Wildman–Crippen LogP) is 2.39. The zero-order valence-corrected chi connectivity index (χ0v) is 12.4. The van der Waals surface area contributed by atoms with Gasteiger partial charge in [0, 0.05) is 18.2 Å². The summed E-state index contributed by atoms with van der Waals surface area (Å²) in [6, 6.07) is 7.77. The van der Waals surface area contributed by atoms with Crippen molar-refractivity contribution in [2.24, 2.45) is 0 Å². The van der Waals surface area contributed by atoms with Crippen LogP contribution in [0.1, 0.15) is 32.1 Å². The van der Waals surface area contributed by atoms with Gasteiger partial charge in [-0.15, -0.1) is 0 Å². The SMILES string of the molecule is Nc1ccc(OC2CCC(NC(=O)CCS)CC2)cc1. The Morgan fingerprint density at radius 1 is 1.25 bits per heavy atom. The molecule has 0 aromatic heterocycles. The summed E-state index contributed by atoms with van der Waals surface area (Å²) in [6.07, 6.45) is 4.60. The molecule has 0 unspecified atom stereocenters. The number of carbonyl (C=O) groups is 1. The fourth-order valence-electron chi connectivity index (χ4n) is 2.47. The van der Waals surface area contributed by atoms with E-state index in [-0.39, 0.29) is 18.1 Å². The quantitative estimate of drug-likeness (QED) is 0.577. The van der Waals surface area contributed by atoms with Crippen LogP contribution in [0.3, 0.4) is 0 Å². The maximum absolute atomic E-state index is 11.5. The van der Waals surface area contributed by atoms with Gasteiger partial charge in [-0.3, -0.25) is 4.79 Å². The summed E-state index contributed by atoms with van der Waals surface area (Å²) in [6.45, 7) is 0. The van der Waals surface area contributed by atoms with Crippen LogP contribution in [0.2, 0.25) is 0 Å². The van der Waals surface area contributed by atoms with Gasteiger partial charge < -0.3 is 15.8 Å². The largest absolute Gasteiger partial charge is 0.490 e. The van der Waals surface area contributed by atoms with Crippen molar-refractivity contribution in [1.82, 2.24) is 5.32 Å². The molecule has 1 aromatic carbocycles. The highest BCUT2D eigenvalue weighted by Gasteiger charge is 2.23. The molecule has 20 heavy (non-hydrogen) atoms. The molecule has 110 valence electrons. The topological polar surface area (TPSA) is 64.3 Å². The smallest absolute Gasteiger partial charge is 0.221 e. The number of ether oxygens (including phenoxy) is 1. The first-order valence-electron chi connectivity index (χ1n) is 7.10. The predicted molar refractivity (Wildman–Crippen MR) is 84.1 cm³/mol. The van der Waals surface area contributed by atoms with Crippen molar-refractivity contribution in [2.45, 2.75) is 44.2 Å². The highest BCUT2D eigenvalue weighted by molar-refractivity contribution is 7.80. The van der Waals surface area contributed by atoms with E-state index in [0.29, 0.717) is 12.2 Å². The molecule has 1 aliphatic carbocycles. The highest BCUT2D eigenvalue weighted by atomic mass is 32.1. The summed E-state index contributed by atoms with van der Waals surface area (Å²) in [5.74, 6) is 1.56. The molecule has 0 spiro atoms. The zero-order chi connectivity index (χ0) is 14.4. The maximum Gasteiger partial charge on any atom is 0.221 e. The third kappa shape index (κ3) is 4.63. The molecule has 0 radical (unpaired) electrons. The number of thiol groups is 1. The number of nitrogens with one attached hydrogen (secondary N) is 1. The van der Waals surface area contributed by atoms with Crippen molar-refractivity contribution < 1.29 is 9.53 Å². The van der Waals surface area contributed by atoms with Crippen molar-refractivity contribution in [2.75, 3.05) is 11.5 Å². The standard InChI is InChI=1S/C15H22N2O2S/c16-11-1-5-13(6-2-11)19-14-7-3-12(4-8-14)17-15(18)9-10-20/h1-2,5-6,12,14,20H,3-4,7-10,16H2,(H,17,18). The number of hydrogen-bond acceptors (Lipinski definition) is 4. The van der Waals surface area contributed by atoms with E-state index in [9.17, 15) is 4.79 Å². The number of nitrogens with two attached hydrogens (primary N) is 1. The van der Waals surface area contributed by atoms with Crippen molar-refractivity contribution in [1.29, 1.82) is 0 Å². The second-order valence-electron chi connectivity index (χ2n) is 5.20. The molecule has 0 heterocycles. The van der Waals surface area contributed by atoms with Gasteiger partial charge in [0.05, 0.1) is 6.10 Å². The van der Waals surface area contributed by atoms with Gasteiger partial charge >= 0.3 is 0 Å². The van der Waals surface area contributed by atoms with Gasteiger partial charge in [-0.1, -0.05) is 0 Å². The molecule has 1 amide bonds. The van der Waals surface area contributed by atoms with Crippen LogP contribution >= 0.6 is 12.6 Å². The Kier molecular flexibility index (Phi) is 5.59. The van der Waals surface area contributed by atoms with Crippen LogP contribution in [0.4, 0.5) is 5.69 Å². The Morgan fingerprint density at radius 2 is 1.90 bits per heavy atom. The Labute approximate surface area is 125 Å². The number of anilines is 1. The Hall–Kier alpha value is -1.36. The molecular formula is C15H22N2O2S. The zero-order valence-electron chi connectivity index (χ0n) is 11.5. The van der Waals surface area contributed by atoms with Crippen LogP contribution < -0.4 is 15.8 Å². The fourth-order valence-corrected chi connectivity index (χ4v) is 2.67. The van der Waals surface area contributed by atoms with E-state index in [1.54, 1.807) is 0 Å². The number of hydrogen-bond donors (Lipinski definition) is 3. The summed E-state index contributed by atoms with van der Waals surface area (Å²) in [4.78, 5) is 11.5. The molecule has 4 nitrogen and oxygen atoms in total. The maximum atomic E-state index is 11.5. The number of carbonyl (C=O) groups excluding carboxylic acids is 1. The van der Waals surface area contributed by atoms with Crippen molar-refractivity contribution in [3.8, 4) is 5.75 Å². The van der Waals surface area contributed by atoms with E-state index in [1.807, 2.05) is 24.3 Å². The lowest BCUT2D eigenvalue weighted by atomic mass is 9.93. The normalized spacial score (nSPS) is 22.2. The second kappa shape index (κ2) is 7.43. The van der Waals surface area contributed by atoms with E-state index >= 15 is 0 Å². The molecule has 1 aromatic rings. The van der Waals surface area contributed by atoms with Crippen molar-refractivity contribution in [3.63, 3.8) is 0 Å². The Balaban J connectivity index is 1.74. The minimum atomic E-state index is 0.0999. The molecule has 1 aliphatic rings. The summed E-state index contributed by atoms with van der Waals surface area (Å²) in [7, 11) is 0. The van der Waals surface area contributed by atoms with Gasteiger partial charge in [0.15, 0.2) is 0 Å². The number of benzene rings is 1. The first-order valence-corrected chi connectivity index (χ1v) is 7.73. The third-order valence-electron chi connectivity index (χ3n) is 3.56. The van der Waals surface area contributed by atoms with Crippen LogP contribution in [0.15, 0.2) is 24.3 Å². The van der Waals surface area contributed by atoms with Crippen LogP contribution in [-0.4, -0.2) is 23.8 Å². The van der Waals surface area contributed by atoms with Crippen LogP contribution in [-0.2, 0) is 4.79 Å². The molecule has 1 saturated carbocycles. The molecule has 0 bridgehead atoms. The lowest BCUT2D eigenvalue weighted by Crippen LogP contribution is -2.39. The molecule has 2 rings (SSSR count). The average Bonchev–Trinajstić information content (AvgIpc) is 2.44. The van der Waals surface area contributed by atoms with Crippen molar-refractivity contribution in [3.05, 3.63) is 24.3 Å². The van der Waals surface area contributed by atoms with E-state index in [0.717, 1.165) is 37.1 Å².